The fourth-order valence-electron chi connectivity index (χ4n) is 1.39. The fourth-order valence-corrected chi connectivity index (χ4v) is 2.12. The molecule has 66 valence electrons. The standard InChI is InChI=1S/C10H7BrClN/c1-6-3-2-4-7-8(11)5-13-10(12)9(6)7/h2-5H,1H3. The van der Waals surface area contributed by atoms with Crippen molar-refractivity contribution in [1.82, 2.24) is 4.98 Å². The summed E-state index contributed by atoms with van der Waals surface area (Å²) in [5, 5.41) is 2.70. The monoisotopic (exact) mass is 255 g/mol. The van der Waals surface area contributed by atoms with E-state index < -0.39 is 0 Å². The molecular formula is C10H7BrClN. The van der Waals surface area contributed by atoms with E-state index in [1.807, 2.05) is 25.1 Å². The Kier molecular flexibility index (Phi) is 2.26. The van der Waals surface area contributed by atoms with Crippen molar-refractivity contribution in [3.8, 4) is 0 Å². The minimum atomic E-state index is 0.566. The molecule has 2 rings (SSSR count). The molecule has 0 atom stereocenters. The van der Waals surface area contributed by atoms with Crippen molar-refractivity contribution in [3.63, 3.8) is 0 Å². The molecule has 0 saturated carbocycles. The van der Waals surface area contributed by atoms with Gasteiger partial charge >= 0.3 is 0 Å². The number of fused-ring (bicyclic) bond motifs is 1. The second kappa shape index (κ2) is 3.28. The first kappa shape index (κ1) is 8.97. The van der Waals surface area contributed by atoms with Crippen LogP contribution < -0.4 is 0 Å². The van der Waals surface area contributed by atoms with Crippen molar-refractivity contribution in [2.45, 2.75) is 6.92 Å². The van der Waals surface area contributed by atoms with Crippen molar-refractivity contribution < 1.29 is 0 Å². The van der Waals surface area contributed by atoms with Gasteiger partial charge in [-0.3, -0.25) is 0 Å². The quantitative estimate of drug-likeness (QED) is 0.650. The van der Waals surface area contributed by atoms with E-state index in [0.29, 0.717) is 5.15 Å². The molecule has 1 aromatic carbocycles. The zero-order chi connectivity index (χ0) is 9.42. The molecule has 1 heterocycles. The minimum absolute atomic E-state index is 0.566. The number of hydrogen-bond donors (Lipinski definition) is 0. The molecule has 0 unspecified atom stereocenters. The Morgan fingerprint density at radius 3 is 2.85 bits per heavy atom. The molecule has 2 aromatic rings. The van der Waals surface area contributed by atoms with Crippen LogP contribution in [-0.4, -0.2) is 4.98 Å². The molecule has 0 aliphatic heterocycles. The van der Waals surface area contributed by atoms with Gasteiger partial charge < -0.3 is 0 Å². The van der Waals surface area contributed by atoms with Gasteiger partial charge in [-0.05, 0) is 28.4 Å². The highest BCUT2D eigenvalue weighted by molar-refractivity contribution is 9.10. The third-order valence-electron chi connectivity index (χ3n) is 2.03. The molecule has 0 fully saturated rings. The van der Waals surface area contributed by atoms with Gasteiger partial charge in [-0.1, -0.05) is 29.8 Å². The lowest BCUT2D eigenvalue weighted by Crippen LogP contribution is -1.84. The molecule has 0 saturated heterocycles. The lowest BCUT2D eigenvalue weighted by Gasteiger charge is -2.04. The Morgan fingerprint density at radius 2 is 2.15 bits per heavy atom. The average Bonchev–Trinajstić information content (AvgIpc) is 2.12. The van der Waals surface area contributed by atoms with Crippen LogP contribution in [-0.2, 0) is 0 Å². The second-order valence-electron chi connectivity index (χ2n) is 2.89. The van der Waals surface area contributed by atoms with Gasteiger partial charge in [0.15, 0.2) is 0 Å². The van der Waals surface area contributed by atoms with E-state index in [1.54, 1.807) is 6.20 Å². The average molecular weight is 257 g/mol. The largest absolute Gasteiger partial charge is 0.243 e. The maximum atomic E-state index is 6.00. The van der Waals surface area contributed by atoms with Gasteiger partial charge in [0.2, 0.25) is 0 Å². The van der Waals surface area contributed by atoms with Gasteiger partial charge in [-0.15, -0.1) is 0 Å². The van der Waals surface area contributed by atoms with Crippen molar-refractivity contribution in [2.24, 2.45) is 0 Å². The van der Waals surface area contributed by atoms with Crippen LogP contribution >= 0.6 is 27.5 Å². The number of hydrogen-bond acceptors (Lipinski definition) is 1. The Bertz CT molecular complexity index is 459. The highest BCUT2D eigenvalue weighted by Crippen LogP contribution is 2.29. The number of nitrogens with zero attached hydrogens (tertiary/aromatic N) is 1. The van der Waals surface area contributed by atoms with Crippen LogP contribution in [0.2, 0.25) is 5.15 Å². The second-order valence-corrected chi connectivity index (χ2v) is 4.11. The Balaban J connectivity index is 3.00. The SMILES string of the molecule is Cc1cccc2c(Br)cnc(Cl)c12. The van der Waals surface area contributed by atoms with Crippen molar-refractivity contribution in [2.75, 3.05) is 0 Å². The number of aryl methyl sites for hydroxylation is 1. The van der Waals surface area contributed by atoms with Gasteiger partial charge in [0, 0.05) is 21.4 Å². The molecule has 3 heteroatoms. The highest BCUT2D eigenvalue weighted by Gasteiger charge is 2.05. The molecule has 1 aromatic heterocycles. The van der Waals surface area contributed by atoms with Crippen molar-refractivity contribution >= 4 is 38.3 Å². The van der Waals surface area contributed by atoms with Gasteiger partial charge in [0.25, 0.3) is 0 Å². The summed E-state index contributed by atoms with van der Waals surface area (Å²) in [6, 6.07) is 6.07. The van der Waals surface area contributed by atoms with Gasteiger partial charge in [-0.25, -0.2) is 4.98 Å². The molecule has 0 bridgehead atoms. The van der Waals surface area contributed by atoms with Crippen LogP contribution in [0.3, 0.4) is 0 Å². The summed E-state index contributed by atoms with van der Waals surface area (Å²) in [4.78, 5) is 4.09. The van der Waals surface area contributed by atoms with Gasteiger partial charge in [-0.2, -0.15) is 0 Å². The first-order valence-electron chi connectivity index (χ1n) is 3.89. The number of benzene rings is 1. The van der Waals surface area contributed by atoms with Crippen LogP contribution in [0.1, 0.15) is 5.56 Å². The van der Waals surface area contributed by atoms with Crippen molar-refractivity contribution in [3.05, 3.63) is 39.6 Å². The van der Waals surface area contributed by atoms with Crippen molar-refractivity contribution in [1.29, 1.82) is 0 Å². The van der Waals surface area contributed by atoms with Crippen LogP contribution in [0.4, 0.5) is 0 Å². The van der Waals surface area contributed by atoms with Gasteiger partial charge in [0.05, 0.1) is 0 Å². The summed E-state index contributed by atoms with van der Waals surface area (Å²) in [7, 11) is 0. The normalized spacial score (nSPS) is 10.7. The Labute approximate surface area is 89.9 Å². The van der Waals surface area contributed by atoms with E-state index in [2.05, 4.69) is 20.9 Å². The van der Waals surface area contributed by atoms with Crippen LogP contribution in [0.15, 0.2) is 28.9 Å². The molecule has 0 radical (unpaired) electrons. The fraction of sp³-hybridized carbons (Fsp3) is 0.100. The molecule has 13 heavy (non-hydrogen) atoms. The summed E-state index contributed by atoms with van der Waals surface area (Å²) in [6.45, 7) is 2.03. The molecule has 0 aliphatic carbocycles. The number of pyridine rings is 1. The van der Waals surface area contributed by atoms with E-state index in [0.717, 1.165) is 20.8 Å². The molecule has 1 nitrogen and oxygen atoms in total. The Morgan fingerprint density at radius 1 is 1.38 bits per heavy atom. The third-order valence-corrected chi connectivity index (χ3v) is 2.95. The Hall–Kier alpha value is -0.600. The van der Waals surface area contributed by atoms with Crippen LogP contribution in [0.5, 0.6) is 0 Å². The highest BCUT2D eigenvalue weighted by atomic mass is 79.9. The molecular weight excluding hydrogens is 249 g/mol. The van der Waals surface area contributed by atoms with Gasteiger partial charge in [0.1, 0.15) is 5.15 Å². The first-order chi connectivity index (χ1) is 6.20. The lowest BCUT2D eigenvalue weighted by molar-refractivity contribution is 1.33. The zero-order valence-corrected chi connectivity index (χ0v) is 9.35. The predicted molar refractivity (Wildman–Crippen MR) is 59.2 cm³/mol. The van der Waals surface area contributed by atoms with Crippen LogP contribution in [0.25, 0.3) is 10.8 Å². The molecule has 0 amide bonds. The van der Waals surface area contributed by atoms with Crippen LogP contribution in [0, 0.1) is 6.92 Å². The summed E-state index contributed by atoms with van der Waals surface area (Å²) in [5.74, 6) is 0. The molecule has 0 aliphatic rings. The minimum Gasteiger partial charge on any atom is -0.243 e. The first-order valence-corrected chi connectivity index (χ1v) is 5.06. The summed E-state index contributed by atoms with van der Waals surface area (Å²) in [5.41, 5.74) is 1.15. The maximum absolute atomic E-state index is 6.00. The zero-order valence-electron chi connectivity index (χ0n) is 7.01. The van der Waals surface area contributed by atoms with E-state index in [9.17, 15) is 0 Å². The predicted octanol–water partition coefficient (Wildman–Crippen LogP) is 3.96. The molecule has 0 N–H and O–H groups in total. The maximum Gasteiger partial charge on any atom is 0.137 e. The number of aromatic nitrogens is 1. The van der Waals surface area contributed by atoms with E-state index in [4.69, 9.17) is 11.6 Å². The number of halogens is 2. The summed E-state index contributed by atoms with van der Waals surface area (Å²) in [6.07, 6.45) is 1.73. The lowest BCUT2D eigenvalue weighted by atomic mass is 10.1. The van der Waals surface area contributed by atoms with E-state index >= 15 is 0 Å². The smallest absolute Gasteiger partial charge is 0.137 e. The topological polar surface area (TPSA) is 12.9 Å². The molecule has 0 spiro atoms. The van der Waals surface area contributed by atoms with E-state index in [-0.39, 0.29) is 0 Å². The summed E-state index contributed by atoms with van der Waals surface area (Å²) >= 11 is 9.45. The number of rotatable bonds is 0. The summed E-state index contributed by atoms with van der Waals surface area (Å²) < 4.78 is 0.982. The third kappa shape index (κ3) is 1.45. The van der Waals surface area contributed by atoms with E-state index in [1.165, 1.54) is 0 Å².